The van der Waals surface area contributed by atoms with Crippen molar-refractivity contribution >= 4 is 28.5 Å². The Labute approximate surface area is 203 Å². The van der Waals surface area contributed by atoms with Crippen LogP contribution in [0.3, 0.4) is 0 Å². The summed E-state index contributed by atoms with van der Waals surface area (Å²) in [5.74, 6) is 0.581. The smallest absolute Gasteiger partial charge is 0.224 e. The van der Waals surface area contributed by atoms with Gasteiger partial charge in [0, 0.05) is 23.8 Å². The topological polar surface area (TPSA) is 50.2 Å². The maximum absolute atomic E-state index is 13.5. The minimum Gasteiger partial charge on any atom is -0.352 e. The molecule has 0 unspecified atom stereocenters. The Hall–Kier alpha value is -3.22. The summed E-state index contributed by atoms with van der Waals surface area (Å²) in [7, 11) is 0. The quantitative estimate of drug-likeness (QED) is 0.408. The molecular weight excluding hydrogens is 451 g/mol. The number of fused-ring (bicyclic) bond motifs is 1. The molecule has 1 fully saturated rings. The summed E-state index contributed by atoms with van der Waals surface area (Å²) in [4.78, 5) is 20.1. The molecule has 0 radical (unpaired) electrons. The third-order valence-corrected chi connectivity index (χ3v) is 6.74. The Morgan fingerprint density at radius 2 is 1.82 bits per heavy atom. The van der Waals surface area contributed by atoms with Gasteiger partial charge < -0.3 is 5.32 Å². The van der Waals surface area contributed by atoms with Crippen molar-refractivity contribution in [2.75, 3.05) is 13.1 Å². The van der Waals surface area contributed by atoms with Crippen LogP contribution in [0, 0.1) is 11.7 Å². The lowest BCUT2D eigenvalue weighted by molar-refractivity contribution is -0.127. The summed E-state index contributed by atoms with van der Waals surface area (Å²) in [5.41, 5.74) is 3.66. The average Bonchev–Trinajstić information content (AvgIpc) is 3.22. The summed E-state index contributed by atoms with van der Waals surface area (Å²) in [6.07, 6.45) is 1.81. The molecule has 1 N–H and O–H groups in total. The highest BCUT2D eigenvalue weighted by atomic mass is 35.5. The lowest BCUT2D eigenvalue weighted by Gasteiger charge is -2.31. The molecule has 0 saturated carbocycles. The minimum atomic E-state index is -0.267. The third-order valence-electron chi connectivity index (χ3n) is 6.37. The lowest BCUT2D eigenvalue weighted by Crippen LogP contribution is -2.42. The summed E-state index contributed by atoms with van der Waals surface area (Å²) < 4.78 is 15.6. The van der Waals surface area contributed by atoms with Crippen molar-refractivity contribution in [3.63, 3.8) is 0 Å². The second kappa shape index (κ2) is 9.95. The molecular formula is C27H26ClFN4O. The number of amides is 1. The fraction of sp³-hybridized carbons (Fsp3) is 0.259. The van der Waals surface area contributed by atoms with Crippen molar-refractivity contribution in [3.8, 4) is 5.69 Å². The maximum atomic E-state index is 13.5. The van der Waals surface area contributed by atoms with E-state index in [0.29, 0.717) is 24.7 Å². The summed E-state index contributed by atoms with van der Waals surface area (Å²) in [6.45, 7) is 2.61. The number of halogens is 2. The first kappa shape index (κ1) is 22.6. The van der Waals surface area contributed by atoms with Crippen molar-refractivity contribution in [1.82, 2.24) is 19.8 Å². The van der Waals surface area contributed by atoms with Gasteiger partial charge in [-0.25, -0.2) is 9.37 Å². The number of para-hydroxylation sites is 2. The fourth-order valence-corrected chi connectivity index (χ4v) is 4.84. The Morgan fingerprint density at radius 1 is 1.06 bits per heavy atom. The number of likely N-dealkylation sites (tertiary alicyclic amines) is 1. The second-order valence-corrected chi connectivity index (χ2v) is 9.12. The van der Waals surface area contributed by atoms with Gasteiger partial charge in [0.15, 0.2) is 0 Å². The number of carbonyl (C=O) groups is 1. The highest BCUT2D eigenvalue weighted by molar-refractivity contribution is 6.31. The zero-order valence-corrected chi connectivity index (χ0v) is 19.5. The molecule has 1 aliphatic heterocycles. The van der Waals surface area contributed by atoms with Crippen molar-refractivity contribution in [3.05, 3.63) is 95.0 Å². The molecule has 34 heavy (non-hydrogen) atoms. The number of imidazole rings is 1. The Balaban J connectivity index is 1.32. The van der Waals surface area contributed by atoms with E-state index < -0.39 is 0 Å². The monoisotopic (exact) mass is 476 g/mol. The molecule has 1 aromatic heterocycles. The minimum absolute atomic E-state index is 0.0525. The van der Waals surface area contributed by atoms with E-state index in [1.807, 2.05) is 48.5 Å². The summed E-state index contributed by atoms with van der Waals surface area (Å²) in [6, 6.07) is 22.0. The van der Waals surface area contributed by atoms with Gasteiger partial charge in [-0.1, -0.05) is 41.9 Å². The van der Waals surface area contributed by atoms with Crippen molar-refractivity contribution in [2.45, 2.75) is 25.9 Å². The van der Waals surface area contributed by atoms with E-state index in [-0.39, 0.29) is 17.6 Å². The predicted octanol–water partition coefficient (Wildman–Crippen LogP) is 5.35. The molecule has 5 nitrogen and oxygen atoms in total. The van der Waals surface area contributed by atoms with Gasteiger partial charge in [-0.3, -0.25) is 14.3 Å². The van der Waals surface area contributed by atoms with E-state index >= 15 is 0 Å². The SMILES string of the molecule is O=C(NCc1ccccc1Cl)[C@H]1CCCN(Cc2nc3ccccc3n2-c2ccc(F)cc2)C1. The Morgan fingerprint density at radius 3 is 2.65 bits per heavy atom. The van der Waals surface area contributed by atoms with Gasteiger partial charge in [0.25, 0.3) is 0 Å². The average molecular weight is 477 g/mol. The van der Waals surface area contributed by atoms with Crippen LogP contribution >= 0.6 is 11.6 Å². The lowest BCUT2D eigenvalue weighted by atomic mass is 9.97. The van der Waals surface area contributed by atoms with Crippen LogP contribution in [0.4, 0.5) is 4.39 Å². The number of piperidine rings is 1. The summed E-state index contributed by atoms with van der Waals surface area (Å²) >= 11 is 6.22. The van der Waals surface area contributed by atoms with Gasteiger partial charge in [-0.15, -0.1) is 0 Å². The van der Waals surface area contributed by atoms with E-state index in [1.165, 1.54) is 12.1 Å². The van der Waals surface area contributed by atoms with Gasteiger partial charge in [0.1, 0.15) is 11.6 Å². The highest BCUT2D eigenvalue weighted by Crippen LogP contribution is 2.25. The van der Waals surface area contributed by atoms with Crippen molar-refractivity contribution < 1.29 is 9.18 Å². The molecule has 3 aromatic carbocycles. The first-order valence-electron chi connectivity index (χ1n) is 11.5. The number of benzene rings is 3. The first-order valence-corrected chi connectivity index (χ1v) is 11.9. The summed E-state index contributed by atoms with van der Waals surface area (Å²) in [5, 5.41) is 3.71. The van der Waals surface area contributed by atoms with Crippen LogP contribution in [0.1, 0.15) is 24.2 Å². The number of rotatable bonds is 6. The molecule has 0 spiro atoms. The molecule has 2 heterocycles. The second-order valence-electron chi connectivity index (χ2n) is 8.71. The Kier molecular flexibility index (Phi) is 6.61. The molecule has 4 aromatic rings. The normalized spacial score (nSPS) is 16.6. The highest BCUT2D eigenvalue weighted by Gasteiger charge is 2.27. The van der Waals surface area contributed by atoms with Gasteiger partial charge in [-0.2, -0.15) is 0 Å². The van der Waals surface area contributed by atoms with Crippen molar-refractivity contribution in [1.29, 1.82) is 0 Å². The van der Waals surface area contributed by atoms with E-state index in [1.54, 1.807) is 12.1 Å². The van der Waals surface area contributed by atoms with Crippen LogP contribution in [0.5, 0.6) is 0 Å². The van der Waals surface area contributed by atoms with Crippen LogP contribution in [0.15, 0.2) is 72.8 Å². The maximum Gasteiger partial charge on any atom is 0.224 e. The molecule has 1 saturated heterocycles. The largest absolute Gasteiger partial charge is 0.352 e. The van der Waals surface area contributed by atoms with Gasteiger partial charge in [0.05, 0.1) is 23.5 Å². The van der Waals surface area contributed by atoms with Gasteiger partial charge in [-0.05, 0) is 67.4 Å². The first-order chi connectivity index (χ1) is 16.6. The van der Waals surface area contributed by atoms with Crippen molar-refractivity contribution in [2.24, 2.45) is 5.92 Å². The number of nitrogens with zero attached hydrogens (tertiary/aromatic N) is 3. The van der Waals surface area contributed by atoms with Crippen LogP contribution < -0.4 is 5.32 Å². The van der Waals surface area contributed by atoms with Crippen LogP contribution in [-0.4, -0.2) is 33.4 Å². The number of nitrogens with one attached hydrogen (secondary N) is 1. The van der Waals surface area contributed by atoms with E-state index in [0.717, 1.165) is 47.5 Å². The number of aromatic nitrogens is 2. The van der Waals surface area contributed by atoms with Crippen LogP contribution in [0.25, 0.3) is 16.7 Å². The molecule has 5 rings (SSSR count). The zero-order chi connectivity index (χ0) is 23.5. The zero-order valence-electron chi connectivity index (χ0n) is 18.8. The molecule has 1 atom stereocenters. The molecule has 1 amide bonds. The van der Waals surface area contributed by atoms with E-state index in [4.69, 9.17) is 16.6 Å². The molecule has 0 bridgehead atoms. The number of carbonyl (C=O) groups excluding carboxylic acids is 1. The molecule has 7 heteroatoms. The van der Waals surface area contributed by atoms with Crippen LogP contribution in [-0.2, 0) is 17.9 Å². The molecule has 174 valence electrons. The number of hydrogen-bond acceptors (Lipinski definition) is 3. The standard InChI is InChI=1S/C27H26ClFN4O/c28-23-8-2-1-6-19(23)16-30-27(34)20-7-5-15-32(17-20)18-26-31-24-9-3-4-10-25(24)33(26)22-13-11-21(29)12-14-22/h1-4,6,8-14,20H,5,7,15-18H2,(H,30,34)/t20-/m0/s1. The predicted molar refractivity (Wildman–Crippen MR) is 132 cm³/mol. The Bertz CT molecular complexity index is 1300. The van der Waals surface area contributed by atoms with Gasteiger partial charge >= 0.3 is 0 Å². The molecule has 0 aliphatic carbocycles. The number of hydrogen-bond donors (Lipinski definition) is 1. The third kappa shape index (κ3) is 4.83. The van der Waals surface area contributed by atoms with Crippen LogP contribution in [0.2, 0.25) is 5.02 Å². The van der Waals surface area contributed by atoms with Gasteiger partial charge in [0.2, 0.25) is 5.91 Å². The fourth-order valence-electron chi connectivity index (χ4n) is 4.64. The van der Waals surface area contributed by atoms with E-state index in [9.17, 15) is 9.18 Å². The molecule has 1 aliphatic rings. The van der Waals surface area contributed by atoms with E-state index in [2.05, 4.69) is 14.8 Å².